The normalized spacial score (nSPS) is 27.2. The fraction of sp³-hybridized carbons (Fsp3) is 0.872. The third-order valence-corrected chi connectivity index (χ3v) is 11.4. The number of aliphatic hydroxyl groups excluding tert-OH is 7. The van der Waals surface area contributed by atoms with Gasteiger partial charge in [0.05, 0.1) is 19.8 Å². The van der Waals surface area contributed by atoms with Gasteiger partial charge in [-0.1, -0.05) is 134 Å². The molecule has 0 radical (unpaired) electrons. The monoisotopic (exact) mass is 889 g/mol. The van der Waals surface area contributed by atoms with Gasteiger partial charge in [-0.3, -0.25) is 9.59 Å². The van der Waals surface area contributed by atoms with Crippen LogP contribution >= 0.6 is 0 Å². The summed E-state index contributed by atoms with van der Waals surface area (Å²) in [6.07, 6.45) is 16.4. The second kappa shape index (κ2) is 35.3. The smallest absolute Gasteiger partial charge is 0.306 e. The van der Waals surface area contributed by atoms with Crippen LogP contribution in [0.25, 0.3) is 0 Å². The van der Waals surface area contributed by atoms with Crippen LogP contribution in [0.3, 0.4) is 0 Å². The highest BCUT2D eigenvalue weighted by Gasteiger charge is 2.47. The Kier molecular flexibility index (Phi) is 31.9. The Morgan fingerprint density at radius 1 is 0.516 bits per heavy atom. The molecule has 15 heteroatoms. The number of aliphatic hydroxyl groups is 7. The molecular weight excluding hydrogens is 805 g/mol. The maximum atomic E-state index is 12.9. The highest BCUT2D eigenvalue weighted by molar-refractivity contribution is 5.70. The number of hydrogen-bond acceptors (Lipinski definition) is 15. The van der Waals surface area contributed by atoms with Gasteiger partial charge in [0.1, 0.15) is 55.4 Å². The summed E-state index contributed by atoms with van der Waals surface area (Å²) in [6.45, 7) is 2.53. The Hall–Kier alpha value is -2.02. The van der Waals surface area contributed by atoms with Crippen molar-refractivity contribution >= 4 is 11.9 Å². The van der Waals surface area contributed by atoms with E-state index in [0.717, 1.165) is 64.2 Å². The summed E-state index contributed by atoms with van der Waals surface area (Å²) in [5.74, 6) is -0.939. The fourth-order valence-corrected chi connectivity index (χ4v) is 7.42. The van der Waals surface area contributed by atoms with E-state index in [1.165, 1.54) is 64.2 Å². The van der Waals surface area contributed by atoms with Crippen molar-refractivity contribution in [2.24, 2.45) is 0 Å². The molecule has 2 saturated heterocycles. The molecule has 2 aliphatic heterocycles. The van der Waals surface area contributed by atoms with E-state index in [4.69, 9.17) is 28.4 Å². The van der Waals surface area contributed by atoms with Gasteiger partial charge in [-0.15, -0.1) is 0 Å². The quantitative estimate of drug-likeness (QED) is 0.0231. The summed E-state index contributed by atoms with van der Waals surface area (Å²) in [4.78, 5) is 25.6. The Morgan fingerprint density at radius 3 is 1.53 bits per heavy atom. The first kappa shape index (κ1) is 56.1. The number of carbonyl (C=O) groups excluding carboxylic acids is 2. The van der Waals surface area contributed by atoms with Crippen LogP contribution in [0.4, 0.5) is 0 Å². The lowest BCUT2D eigenvalue weighted by molar-refractivity contribution is -0.332. The predicted octanol–water partition coefficient (Wildman–Crippen LogP) is 5.60. The van der Waals surface area contributed by atoms with Crippen LogP contribution in [0.1, 0.15) is 168 Å². The van der Waals surface area contributed by atoms with E-state index in [9.17, 15) is 45.3 Å². The number of unbranched alkanes of at least 4 members (excludes halogenated alkanes) is 18. The number of hydrogen-bond donors (Lipinski definition) is 7. The lowest BCUT2D eigenvalue weighted by Gasteiger charge is -2.42. The van der Waals surface area contributed by atoms with Gasteiger partial charge in [0, 0.05) is 12.8 Å². The predicted molar refractivity (Wildman–Crippen MR) is 234 cm³/mol. The van der Waals surface area contributed by atoms with Crippen LogP contribution in [-0.4, -0.2) is 142 Å². The van der Waals surface area contributed by atoms with Crippen molar-refractivity contribution in [3.8, 4) is 0 Å². The van der Waals surface area contributed by atoms with E-state index in [0.29, 0.717) is 12.8 Å². The molecule has 0 saturated carbocycles. The minimum Gasteiger partial charge on any atom is -0.462 e. The lowest BCUT2D eigenvalue weighted by atomic mass is 9.98. The van der Waals surface area contributed by atoms with Crippen molar-refractivity contribution in [2.45, 2.75) is 235 Å². The molecule has 0 spiro atoms. The van der Waals surface area contributed by atoms with Gasteiger partial charge in [0.2, 0.25) is 0 Å². The zero-order valence-electron chi connectivity index (χ0n) is 37.9. The Bertz CT molecular complexity index is 1180. The zero-order chi connectivity index (χ0) is 45.4. The largest absolute Gasteiger partial charge is 0.462 e. The third-order valence-electron chi connectivity index (χ3n) is 11.4. The maximum absolute atomic E-state index is 12.9. The maximum Gasteiger partial charge on any atom is 0.306 e. The molecule has 2 rings (SSSR count). The molecule has 7 N–H and O–H groups in total. The molecule has 362 valence electrons. The molecule has 2 fully saturated rings. The van der Waals surface area contributed by atoms with E-state index in [1.54, 1.807) is 0 Å². The molecule has 0 bridgehead atoms. The number of ether oxygens (including phenoxy) is 6. The van der Waals surface area contributed by atoms with Crippen LogP contribution in [0.5, 0.6) is 0 Å². The highest BCUT2D eigenvalue weighted by Crippen LogP contribution is 2.26. The lowest BCUT2D eigenvalue weighted by Crippen LogP contribution is -2.61. The number of allylic oxidation sites excluding steroid dienone is 4. The molecule has 2 heterocycles. The molecule has 4 unspecified atom stereocenters. The van der Waals surface area contributed by atoms with E-state index in [-0.39, 0.29) is 26.1 Å². The summed E-state index contributed by atoms with van der Waals surface area (Å²) >= 11 is 0. The standard InChI is InChI=1S/C47H84O15/c1-3-5-7-9-11-13-15-16-17-18-20-22-24-26-28-30-39(50)60-35(32-57-38(49)29-27-25-23-21-19-14-12-10-8-6-4-2)33-58-46-45(56)43(54)41(52)37(62-46)34-59-47-44(55)42(53)40(51)36(31-48)61-47/h11,13,16-17,35-37,40-48,51-56H,3-10,12,14-15,18-34H2,1-2H3/b13-11+,17-16+/t35-,36-,37-,40+,41+,42?,43?,44?,45?,46-,47-/m1/s1. The Labute approximate surface area is 371 Å². The van der Waals surface area contributed by atoms with Crippen molar-refractivity contribution in [3.05, 3.63) is 24.3 Å². The van der Waals surface area contributed by atoms with Crippen LogP contribution in [0, 0.1) is 0 Å². The van der Waals surface area contributed by atoms with Gasteiger partial charge in [-0.2, -0.15) is 0 Å². The molecule has 11 atom stereocenters. The van der Waals surface area contributed by atoms with E-state index >= 15 is 0 Å². The highest BCUT2D eigenvalue weighted by atomic mass is 16.7. The summed E-state index contributed by atoms with van der Waals surface area (Å²) in [5, 5.41) is 71.9. The van der Waals surface area contributed by atoms with Crippen molar-refractivity contribution in [2.75, 3.05) is 26.4 Å². The van der Waals surface area contributed by atoms with Crippen molar-refractivity contribution in [1.29, 1.82) is 0 Å². The molecular formula is C47H84O15. The average molecular weight is 889 g/mol. The van der Waals surface area contributed by atoms with Crippen molar-refractivity contribution < 1.29 is 73.8 Å². The summed E-state index contributed by atoms with van der Waals surface area (Å²) in [5.41, 5.74) is 0. The topological polar surface area (TPSA) is 231 Å². The number of carbonyl (C=O) groups is 2. The van der Waals surface area contributed by atoms with Crippen LogP contribution in [0.2, 0.25) is 0 Å². The first-order chi connectivity index (χ1) is 30.0. The molecule has 0 aromatic heterocycles. The van der Waals surface area contributed by atoms with E-state index in [1.807, 2.05) is 0 Å². The summed E-state index contributed by atoms with van der Waals surface area (Å²) in [6, 6.07) is 0. The first-order valence-electron chi connectivity index (χ1n) is 23.9. The summed E-state index contributed by atoms with van der Waals surface area (Å²) in [7, 11) is 0. The average Bonchev–Trinajstić information content (AvgIpc) is 3.26. The van der Waals surface area contributed by atoms with Gasteiger partial charge in [0.25, 0.3) is 0 Å². The molecule has 0 aromatic rings. The van der Waals surface area contributed by atoms with Gasteiger partial charge in [0.15, 0.2) is 18.7 Å². The number of esters is 2. The SMILES string of the molecule is CCCCC/C=C/C/C=C/CCCCCCCC(=O)O[C@H](COC(=O)CCCCCCCCCCCCC)CO[C@@H]1O[C@H](CO[C@@H]2O[C@H](CO)[C@H](O)C(O)C2O)[C@H](O)C(O)C1O. The minimum absolute atomic E-state index is 0.151. The third kappa shape index (κ3) is 23.8. The molecule has 15 nitrogen and oxygen atoms in total. The van der Waals surface area contributed by atoms with Crippen LogP contribution in [-0.2, 0) is 38.0 Å². The summed E-state index contributed by atoms with van der Waals surface area (Å²) < 4.78 is 33.5. The van der Waals surface area contributed by atoms with E-state index in [2.05, 4.69) is 38.2 Å². The number of rotatable bonds is 36. The molecule has 0 amide bonds. The van der Waals surface area contributed by atoms with Crippen molar-refractivity contribution in [1.82, 2.24) is 0 Å². The van der Waals surface area contributed by atoms with Gasteiger partial charge in [-0.05, 0) is 44.9 Å². The van der Waals surface area contributed by atoms with E-state index < -0.39 is 92.7 Å². The van der Waals surface area contributed by atoms with Crippen LogP contribution < -0.4 is 0 Å². The minimum atomic E-state index is -1.76. The first-order valence-corrected chi connectivity index (χ1v) is 23.9. The van der Waals surface area contributed by atoms with Gasteiger partial charge in [-0.25, -0.2) is 0 Å². The second-order valence-electron chi connectivity index (χ2n) is 16.9. The Morgan fingerprint density at radius 2 is 0.968 bits per heavy atom. The molecule has 0 aliphatic carbocycles. The zero-order valence-corrected chi connectivity index (χ0v) is 37.9. The Balaban J connectivity index is 1.85. The van der Waals surface area contributed by atoms with Crippen LogP contribution in [0.15, 0.2) is 24.3 Å². The molecule has 62 heavy (non-hydrogen) atoms. The van der Waals surface area contributed by atoms with Gasteiger partial charge >= 0.3 is 11.9 Å². The molecule has 2 aliphatic rings. The fourth-order valence-electron chi connectivity index (χ4n) is 7.42. The second-order valence-corrected chi connectivity index (χ2v) is 16.9. The molecule has 0 aromatic carbocycles. The van der Waals surface area contributed by atoms with Gasteiger partial charge < -0.3 is 64.2 Å². The van der Waals surface area contributed by atoms with Crippen molar-refractivity contribution in [3.63, 3.8) is 0 Å².